The number of para-hydroxylation sites is 2. The molecule has 0 unspecified atom stereocenters. The molecule has 1 aliphatic heterocycles. The number of amides is 2. The summed E-state index contributed by atoms with van der Waals surface area (Å²) in [6, 6.07) is 9.07. The minimum Gasteiger partial charge on any atom is -0.495 e. The summed E-state index contributed by atoms with van der Waals surface area (Å²) >= 11 is 0. The van der Waals surface area contributed by atoms with Gasteiger partial charge in [0.15, 0.2) is 0 Å². The van der Waals surface area contributed by atoms with Gasteiger partial charge < -0.3 is 24.2 Å². The van der Waals surface area contributed by atoms with Gasteiger partial charge in [0.05, 0.1) is 19.9 Å². The SMILES string of the molecule is COc1cc(C2CCN(C(=O)Nc3ccccc3OC)CC2)on1. The van der Waals surface area contributed by atoms with E-state index in [2.05, 4.69) is 10.5 Å². The van der Waals surface area contributed by atoms with Crippen molar-refractivity contribution in [3.8, 4) is 11.6 Å². The van der Waals surface area contributed by atoms with Crippen molar-refractivity contribution < 1.29 is 18.8 Å². The number of urea groups is 1. The van der Waals surface area contributed by atoms with Gasteiger partial charge in [0.1, 0.15) is 11.5 Å². The molecule has 1 saturated heterocycles. The fourth-order valence-electron chi connectivity index (χ4n) is 2.87. The number of nitrogens with zero attached hydrogens (tertiary/aromatic N) is 2. The lowest BCUT2D eigenvalue weighted by molar-refractivity contribution is 0.188. The standard InChI is InChI=1S/C17H21N3O4/c1-22-14-6-4-3-5-13(14)18-17(21)20-9-7-12(8-10-20)15-11-16(23-2)19-24-15/h3-6,11-12H,7-10H2,1-2H3,(H,18,21). The summed E-state index contributed by atoms with van der Waals surface area (Å²) in [6.45, 7) is 1.32. The highest BCUT2D eigenvalue weighted by molar-refractivity contribution is 5.91. The highest BCUT2D eigenvalue weighted by atomic mass is 16.5. The van der Waals surface area contributed by atoms with Crippen molar-refractivity contribution in [3.05, 3.63) is 36.1 Å². The van der Waals surface area contributed by atoms with Crippen LogP contribution in [0.25, 0.3) is 0 Å². The predicted octanol–water partition coefficient (Wildman–Crippen LogP) is 3.10. The molecule has 1 N–H and O–H groups in total. The van der Waals surface area contributed by atoms with Gasteiger partial charge in [-0.2, -0.15) is 0 Å². The van der Waals surface area contributed by atoms with E-state index < -0.39 is 0 Å². The highest BCUT2D eigenvalue weighted by Gasteiger charge is 2.27. The maximum atomic E-state index is 12.4. The number of nitrogens with one attached hydrogen (secondary N) is 1. The van der Waals surface area contributed by atoms with E-state index in [-0.39, 0.29) is 11.9 Å². The van der Waals surface area contributed by atoms with Crippen LogP contribution in [0.3, 0.4) is 0 Å². The van der Waals surface area contributed by atoms with E-state index in [1.54, 1.807) is 19.1 Å². The molecule has 128 valence electrons. The number of likely N-dealkylation sites (tertiary alicyclic amines) is 1. The summed E-state index contributed by atoms with van der Waals surface area (Å²) < 4.78 is 15.6. The number of methoxy groups -OCH3 is 2. The Balaban J connectivity index is 1.57. The Hall–Kier alpha value is -2.70. The third-order valence-corrected chi connectivity index (χ3v) is 4.25. The lowest BCUT2D eigenvalue weighted by Gasteiger charge is -2.31. The van der Waals surface area contributed by atoms with Gasteiger partial charge in [-0.1, -0.05) is 12.1 Å². The van der Waals surface area contributed by atoms with Gasteiger partial charge in [-0.25, -0.2) is 4.79 Å². The monoisotopic (exact) mass is 331 g/mol. The number of carbonyl (C=O) groups is 1. The van der Waals surface area contributed by atoms with E-state index in [0.29, 0.717) is 30.4 Å². The average molecular weight is 331 g/mol. The lowest BCUT2D eigenvalue weighted by Crippen LogP contribution is -2.40. The number of piperidine rings is 1. The zero-order chi connectivity index (χ0) is 16.9. The zero-order valence-corrected chi connectivity index (χ0v) is 13.8. The van der Waals surface area contributed by atoms with Crippen LogP contribution in [0.1, 0.15) is 24.5 Å². The first-order valence-corrected chi connectivity index (χ1v) is 7.91. The Morgan fingerprint density at radius 3 is 2.67 bits per heavy atom. The molecule has 1 aromatic heterocycles. The Bertz CT molecular complexity index is 693. The van der Waals surface area contributed by atoms with Gasteiger partial charge in [0.25, 0.3) is 5.88 Å². The summed E-state index contributed by atoms with van der Waals surface area (Å²) in [5, 5.41) is 6.74. The number of benzene rings is 1. The van der Waals surface area contributed by atoms with Crippen molar-refractivity contribution in [1.82, 2.24) is 10.1 Å². The number of hydrogen-bond acceptors (Lipinski definition) is 5. The number of hydrogen-bond donors (Lipinski definition) is 1. The van der Waals surface area contributed by atoms with Crippen LogP contribution in [0, 0.1) is 0 Å². The van der Waals surface area contributed by atoms with Crippen LogP contribution in [0.15, 0.2) is 34.9 Å². The van der Waals surface area contributed by atoms with Gasteiger partial charge in [-0.15, -0.1) is 0 Å². The van der Waals surface area contributed by atoms with Crippen molar-refractivity contribution in [2.75, 3.05) is 32.6 Å². The molecule has 2 heterocycles. The number of carbonyl (C=O) groups excluding carboxylic acids is 1. The van der Waals surface area contributed by atoms with Crippen molar-refractivity contribution >= 4 is 11.7 Å². The van der Waals surface area contributed by atoms with Crippen LogP contribution in [0.2, 0.25) is 0 Å². The van der Waals surface area contributed by atoms with E-state index in [9.17, 15) is 4.79 Å². The predicted molar refractivity (Wildman–Crippen MR) is 88.6 cm³/mol. The van der Waals surface area contributed by atoms with E-state index in [4.69, 9.17) is 14.0 Å². The molecule has 0 saturated carbocycles. The molecule has 0 radical (unpaired) electrons. The molecule has 0 spiro atoms. The molecule has 1 aliphatic rings. The summed E-state index contributed by atoms with van der Waals surface area (Å²) in [6.07, 6.45) is 1.66. The molecule has 0 aliphatic carbocycles. The minimum atomic E-state index is -0.117. The molecule has 2 aromatic rings. The maximum absolute atomic E-state index is 12.4. The molecule has 0 bridgehead atoms. The third kappa shape index (κ3) is 3.45. The largest absolute Gasteiger partial charge is 0.495 e. The van der Waals surface area contributed by atoms with Crippen LogP contribution in [0.4, 0.5) is 10.5 Å². The van der Waals surface area contributed by atoms with Crippen molar-refractivity contribution in [3.63, 3.8) is 0 Å². The molecule has 1 fully saturated rings. The van der Waals surface area contributed by atoms with Crippen molar-refractivity contribution in [2.45, 2.75) is 18.8 Å². The van der Waals surface area contributed by atoms with E-state index in [0.717, 1.165) is 18.6 Å². The highest BCUT2D eigenvalue weighted by Crippen LogP contribution is 2.30. The first-order chi connectivity index (χ1) is 11.7. The molecule has 7 nitrogen and oxygen atoms in total. The molecule has 24 heavy (non-hydrogen) atoms. The molecule has 1 aromatic carbocycles. The second-order valence-electron chi connectivity index (χ2n) is 5.66. The lowest BCUT2D eigenvalue weighted by atomic mass is 9.94. The maximum Gasteiger partial charge on any atom is 0.321 e. The van der Waals surface area contributed by atoms with Gasteiger partial charge >= 0.3 is 6.03 Å². The molecule has 3 rings (SSSR count). The van der Waals surface area contributed by atoms with Crippen molar-refractivity contribution in [2.24, 2.45) is 0 Å². The summed E-state index contributed by atoms with van der Waals surface area (Å²) in [5.41, 5.74) is 0.673. The van der Waals surface area contributed by atoms with Crippen molar-refractivity contribution in [1.29, 1.82) is 0 Å². The zero-order valence-electron chi connectivity index (χ0n) is 13.8. The van der Waals surface area contributed by atoms with Crippen LogP contribution >= 0.6 is 0 Å². The molecule has 7 heteroatoms. The van der Waals surface area contributed by atoms with Crippen LogP contribution < -0.4 is 14.8 Å². The smallest absolute Gasteiger partial charge is 0.321 e. The first-order valence-electron chi connectivity index (χ1n) is 7.91. The Morgan fingerprint density at radius 1 is 1.25 bits per heavy atom. The van der Waals surface area contributed by atoms with E-state index >= 15 is 0 Å². The van der Waals surface area contributed by atoms with Gasteiger partial charge in [0.2, 0.25) is 0 Å². The Labute approximate surface area is 140 Å². The van der Waals surface area contributed by atoms with Gasteiger partial charge in [-0.3, -0.25) is 0 Å². The number of aromatic nitrogens is 1. The summed E-state index contributed by atoms with van der Waals surface area (Å²) in [7, 11) is 3.15. The van der Waals surface area contributed by atoms with E-state index in [1.807, 2.05) is 30.3 Å². The van der Waals surface area contributed by atoms with E-state index in [1.165, 1.54) is 0 Å². The summed E-state index contributed by atoms with van der Waals surface area (Å²) in [4.78, 5) is 14.2. The second-order valence-corrected chi connectivity index (χ2v) is 5.66. The molecular formula is C17H21N3O4. The Morgan fingerprint density at radius 2 is 2.00 bits per heavy atom. The normalized spacial score (nSPS) is 15.2. The molecular weight excluding hydrogens is 310 g/mol. The second kappa shape index (κ2) is 7.25. The first kappa shape index (κ1) is 16.2. The quantitative estimate of drug-likeness (QED) is 0.931. The van der Waals surface area contributed by atoms with Gasteiger partial charge in [0, 0.05) is 25.1 Å². The topological polar surface area (TPSA) is 76.8 Å². The van der Waals surface area contributed by atoms with Crippen LogP contribution in [-0.4, -0.2) is 43.4 Å². The van der Waals surface area contributed by atoms with Crippen LogP contribution in [-0.2, 0) is 0 Å². The number of ether oxygens (including phenoxy) is 2. The third-order valence-electron chi connectivity index (χ3n) is 4.25. The number of rotatable bonds is 4. The van der Waals surface area contributed by atoms with Crippen LogP contribution in [0.5, 0.6) is 11.6 Å². The molecule has 2 amide bonds. The molecule has 0 atom stereocenters. The Kier molecular flexibility index (Phi) is 4.88. The number of anilines is 1. The van der Waals surface area contributed by atoms with Gasteiger partial charge in [-0.05, 0) is 30.1 Å². The fraction of sp³-hybridized carbons (Fsp3) is 0.412. The fourth-order valence-corrected chi connectivity index (χ4v) is 2.87. The average Bonchev–Trinajstić information content (AvgIpc) is 3.11. The summed E-state index contributed by atoms with van der Waals surface area (Å²) in [5.74, 6) is 2.21. The minimum absolute atomic E-state index is 0.117.